The zero-order chi connectivity index (χ0) is 11.0. The summed E-state index contributed by atoms with van der Waals surface area (Å²) in [6, 6.07) is 0. The summed E-state index contributed by atoms with van der Waals surface area (Å²) in [5, 5.41) is 0. The van der Waals surface area contributed by atoms with Gasteiger partial charge in [0.25, 0.3) is 0 Å². The molecule has 14 heavy (non-hydrogen) atoms. The fraction of sp³-hybridized carbons (Fsp3) is 0.692. The first-order chi connectivity index (χ1) is 6.61. The van der Waals surface area contributed by atoms with Crippen LogP contribution in [0.4, 0.5) is 0 Å². The van der Waals surface area contributed by atoms with Gasteiger partial charge in [-0.1, -0.05) is 19.9 Å². The Balaban J connectivity index is 3.99. The van der Waals surface area contributed by atoms with Crippen LogP contribution in [0.1, 0.15) is 47.0 Å². The van der Waals surface area contributed by atoms with E-state index in [1.54, 1.807) is 0 Å². The van der Waals surface area contributed by atoms with Crippen LogP contribution < -0.4 is 0 Å². The van der Waals surface area contributed by atoms with Crippen molar-refractivity contribution in [1.82, 2.24) is 0 Å². The summed E-state index contributed by atoms with van der Waals surface area (Å²) < 4.78 is 5.69. The van der Waals surface area contributed by atoms with Crippen LogP contribution in [-0.2, 0) is 4.74 Å². The van der Waals surface area contributed by atoms with Gasteiger partial charge in [0, 0.05) is 6.42 Å². The number of hydrogen-bond donors (Lipinski definition) is 0. The number of hydrogen-bond acceptors (Lipinski definition) is 1. The first-order valence-corrected chi connectivity index (χ1v) is 5.53. The fourth-order valence-electron chi connectivity index (χ4n) is 1.17. The van der Waals surface area contributed by atoms with Crippen molar-refractivity contribution < 1.29 is 4.74 Å². The number of allylic oxidation sites excluding steroid dienone is 3. The lowest BCUT2D eigenvalue weighted by molar-refractivity contribution is 0.196. The topological polar surface area (TPSA) is 9.23 Å². The molecule has 0 bridgehead atoms. The molecule has 0 fully saturated rings. The molecule has 0 amide bonds. The van der Waals surface area contributed by atoms with Gasteiger partial charge < -0.3 is 4.74 Å². The fourth-order valence-corrected chi connectivity index (χ4v) is 1.17. The Hall–Kier alpha value is -0.720. The molecule has 82 valence electrons. The highest BCUT2D eigenvalue weighted by Gasteiger charge is 2.03. The van der Waals surface area contributed by atoms with Gasteiger partial charge in [-0.3, -0.25) is 0 Å². The van der Waals surface area contributed by atoms with Gasteiger partial charge in [-0.15, -0.1) is 6.58 Å². The van der Waals surface area contributed by atoms with Gasteiger partial charge in [0.15, 0.2) is 0 Å². The number of ether oxygens (including phenoxy) is 1. The Morgan fingerprint density at radius 2 is 2.07 bits per heavy atom. The summed E-state index contributed by atoms with van der Waals surface area (Å²) in [6.45, 7) is 13.2. The smallest absolute Gasteiger partial charge is 0.0946 e. The number of rotatable bonds is 7. The maximum atomic E-state index is 5.69. The van der Waals surface area contributed by atoms with Crippen molar-refractivity contribution in [3.63, 3.8) is 0 Å². The van der Waals surface area contributed by atoms with E-state index in [4.69, 9.17) is 4.74 Å². The Labute approximate surface area is 88.9 Å². The molecular formula is C13H24O. The maximum absolute atomic E-state index is 5.69. The molecule has 1 atom stereocenters. The van der Waals surface area contributed by atoms with Crippen molar-refractivity contribution in [2.24, 2.45) is 5.92 Å². The SMILES string of the molecule is C=CC(C)CCC(OCCC)=C(C)C. The summed E-state index contributed by atoms with van der Waals surface area (Å²) in [4.78, 5) is 0. The van der Waals surface area contributed by atoms with Crippen molar-refractivity contribution in [2.75, 3.05) is 6.61 Å². The molecule has 1 heteroatoms. The zero-order valence-electron chi connectivity index (χ0n) is 10.1. The van der Waals surface area contributed by atoms with Gasteiger partial charge in [0.2, 0.25) is 0 Å². The van der Waals surface area contributed by atoms with E-state index >= 15 is 0 Å². The molecule has 0 aromatic heterocycles. The molecular weight excluding hydrogens is 172 g/mol. The molecule has 0 aromatic carbocycles. The Kier molecular flexibility index (Phi) is 7.27. The second-order valence-corrected chi connectivity index (χ2v) is 4.02. The highest BCUT2D eigenvalue weighted by molar-refractivity contribution is 5.03. The van der Waals surface area contributed by atoms with E-state index in [2.05, 4.69) is 34.3 Å². The first kappa shape index (κ1) is 13.3. The van der Waals surface area contributed by atoms with Crippen molar-refractivity contribution in [1.29, 1.82) is 0 Å². The van der Waals surface area contributed by atoms with Gasteiger partial charge in [-0.25, -0.2) is 0 Å². The maximum Gasteiger partial charge on any atom is 0.0946 e. The molecule has 0 aromatic rings. The zero-order valence-corrected chi connectivity index (χ0v) is 10.1. The van der Waals surface area contributed by atoms with E-state index in [-0.39, 0.29) is 0 Å². The monoisotopic (exact) mass is 196 g/mol. The Morgan fingerprint density at radius 3 is 2.50 bits per heavy atom. The summed E-state index contributed by atoms with van der Waals surface area (Å²) in [5.41, 5.74) is 1.30. The average Bonchev–Trinajstić information content (AvgIpc) is 2.16. The van der Waals surface area contributed by atoms with E-state index in [9.17, 15) is 0 Å². The predicted octanol–water partition coefficient (Wildman–Crippen LogP) is 4.31. The van der Waals surface area contributed by atoms with Crippen LogP contribution in [0, 0.1) is 5.92 Å². The lowest BCUT2D eigenvalue weighted by atomic mass is 10.0. The van der Waals surface area contributed by atoms with E-state index in [0.717, 1.165) is 25.9 Å². The molecule has 0 aliphatic carbocycles. The molecule has 0 aliphatic rings. The van der Waals surface area contributed by atoms with E-state index in [0.29, 0.717) is 5.92 Å². The normalized spacial score (nSPS) is 12.0. The van der Waals surface area contributed by atoms with Crippen molar-refractivity contribution >= 4 is 0 Å². The Morgan fingerprint density at radius 1 is 1.43 bits per heavy atom. The van der Waals surface area contributed by atoms with Crippen LogP contribution in [0.2, 0.25) is 0 Å². The lowest BCUT2D eigenvalue weighted by Crippen LogP contribution is -1.99. The predicted molar refractivity (Wildman–Crippen MR) is 63.2 cm³/mol. The van der Waals surface area contributed by atoms with Gasteiger partial charge in [0.1, 0.15) is 0 Å². The summed E-state index contributed by atoms with van der Waals surface area (Å²) in [7, 11) is 0. The van der Waals surface area contributed by atoms with Gasteiger partial charge in [-0.2, -0.15) is 0 Å². The molecule has 0 saturated heterocycles. The van der Waals surface area contributed by atoms with Crippen LogP contribution >= 0.6 is 0 Å². The summed E-state index contributed by atoms with van der Waals surface area (Å²) in [5.74, 6) is 1.75. The van der Waals surface area contributed by atoms with Crippen molar-refractivity contribution in [3.05, 3.63) is 24.0 Å². The van der Waals surface area contributed by atoms with Crippen LogP contribution in [0.3, 0.4) is 0 Å². The van der Waals surface area contributed by atoms with Crippen LogP contribution in [0.5, 0.6) is 0 Å². The van der Waals surface area contributed by atoms with Gasteiger partial charge >= 0.3 is 0 Å². The first-order valence-electron chi connectivity index (χ1n) is 5.53. The molecule has 0 saturated carbocycles. The highest BCUT2D eigenvalue weighted by Crippen LogP contribution is 2.17. The van der Waals surface area contributed by atoms with Crippen LogP contribution in [0.25, 0.3) is 0 Å². The third kappa shape index (κ3) is 5.85. The molecule has 0 N–H and O–H groups in total. The minimum atomic E-state index is 0.578. The molecule has 0 rings (SSSR count). The largest absolute Gasteiger partial charge is 0.498 e. The molecule has 0 aliphatic heterocycles. The van der Waals surface area contributed by atoms with Crippen molar-refractivity contribution in [2.45, 2.75) is 47.0 Å². The van der Waals surface area contributed by atoms with Crippen molar-refractivity contribution in [3.8, 4) is 0 Å². The molecule has 1 nitrogen and oxygen atoms in total. The van der Waals surface area contributed by atoms with E-state index < -0.39 is 0 Å². The average molecular weight is 196 g/mol. The summed E-state index contributed by atoms with van der Waals surface area (Å²) in [6.07, 6.45) is 5.25. The third-order valence-electron chi connectivity index (χ3n) is 2.27. The second-order valence-electron chi connectivity index (χ2n) is 4.02. The third-order valence-corrected chi connectivity index (χ3v) is 2.27. The quantitative estimate of drug-likeness (QED) is 0.435. The molecule has 0 spiro atoms. The minimum Gasteiger partial charge on any atom is -0.498 e. The molecule has 1 unspecified atom stereocenters. The van der Waals surface area contributed by atoms with E-state index in [1.807, 2.05) is 6.08 Å². The summed E-state index contributed by atoms with van der Waals surface area (Å²) >= 11 is 0. The van der Waals surface area contributed by atoms with E-state index in [1.165, 1.54) is 11.3 Å². The molecule has 0 heterocycles. The molecule has 0 radical (unpaired) electrons. The highest BCUT2D eigenvalue weighted by atomic mass is 16.5. The second kappa shape index (κ2) is 7.66. The lowest BCUT2D eigenvalue weighted by Gasteiger charge is -2.13. The Bertz CT molecular complexity index is 187. The standard InChI is InChI=1S/C13H24O/c1-6-10-14-13(11(3)4)9-8-12(5)7-2/h7,12H,2,6,8-10H2,1,3-5H3. The minimum absolute atomic E-state index is 0.578. The van der Waals surface area contributed by atoms with Crippen LogP contribution in [0.15, 0.2) is 24.0 Å². The van der Waals surface area contributed by atoms with Gasteiger partial charge in [-0.05, 0) is 38.2 Å². The van der Waals surface area contributed by atoms with Crippen LogP contribution in [-0.4, -0.2) is 6.61 Å². The van der Waals surface area contributed by atoms with Gasteiger partial charge in [0.05, 0.1) is 12.4 Å².